The number of carboxylic acid groups (broad SMARTS) is 1. The van der Waals surface area contributed by atoms with Crippen molar-refractivity contribution >= 4 is 38.9 Å². The minimum atomic E-state index is -1.16. The van der Waals surface area contributed by atoms with E-state index in [0.717, 1.165) is 4.88 Å². The molecule has 0 bridgehead atoms. The van der Waals surface area contributed by atoms with Crippen LogP contribution in [0.4, 0.5) is 10.1 Å². The van der Waals surface area contributed by atoms with Gasteiger partial charge in [0.25, 0.3) is 0 Å². The summed E-state index contributed by atoms with van der Waals surface area (Å²) in [5.74, 6) is -1.48. The van der Waals surface area contributed by atoms with Crippen LogP contribution in [0, 0.1) is 11.7 Å². The summed E-state index contributed by atoms with van der Waals surface area (Å²) in [6, 6.07) is 6.79. The molecule has 0 aliphatic heterocycles. The SMILES string of the molecule is CC(C)C(Nc1ccc(C(=O)O)c(Br)c1F)c1cccs1. The van der Waals surface area contributed by atoms with Gasteiger partial charge in [0.1, 0.15) is 0 Å². The Balaban J connectivity index is 2.34. The van der Waals surface area contributed by atoms with E-state index in [0.29, 0.717) is 5.69 Å². The number of carbonyl (C=O) groups is 1. The lowest BCUT2D eigenvalue weighted by Crippen LogP contribution is -2.17. The average molecular weight is 372 g/mol. The van der Waals surface area contributed by atoms with Gasteiger partial charge in [0, 0.05) is 4.88 Å². The van der Waals surface area contributed by atoms with Gasteiger partial charge < -0.3 is 10.4 Å². The van der Waals surface area contributed by atoms with Crippen LogP contribution in [0.25, 0.3) is 0 Å². The molecule has 1 heterocycles. The van der Waals surface area contributed by atoms with Gasteiger partial charge in [0.15, 0.2) is 5.82 Å². The first-order valence-corrected chi connectivity index (χ1v) is 8.10. The van der Waals surface area contributed by atoms with Crippen molar-refractivity contribution in [3.05, 3.63) is 50.4 Å². The molecule has 2 N–H and O–H groups in total. The molecule has 0 saturated carbocycles. The molecular weight excluding hydrogens is 357 g/mol. The van der Waals surface area contributed by atoms with Gasteiger partial charge in [-0.3, -0.25) is 0 Å². The van der Waals surface area contributed by atoms with Crippen molar-refractivity contribution in [2.75, 3.05) is 5.32 Å². The molecule has 1 unspecified atom stereocenters. The third-order valence-corrected chi connectivity index (χ3v) is 4.87. The molecule has 21 heavy (non-hydrogen) atoms. The molecule has 0 spiro atoms. The first kappa shape index (κ1) is 16.0. The Labute approximate surface area is 134 Å². The number of halogens is 2. The molecule has 2 rings (SSSR count). The van der Waals surface area contributed by atoms with Crippen LogP contribution >= 0.6 is 27.3 Å². The standard InChI is InChI=1S/C15H15BrFNO2S/c1-8(2)14(11-4-3-7-21-11)18-10-6-5-9(15(19)20)12(16)13(10)17/h3-8,14,18H,1-2H3,(H,19,20). The van der Waals surface area contributed by atoms with E-state index < -0.39 is 11.8 Å². The fourth-order valence-electron chi connectivity index (χ4n) is 2.03. The van der Waals surface area contributed by atoms with E-state index in [2.05, 4.69) is 35.1 Å². The molecule has 0 fully saturated rings. The highest BCUT2D eigenvalue weighted by Crippen LogP contribution is 2.33. The van der Waals surface area contributed by atoms with E-state index in [1.807, 2.05) is 17.5 Å². The fraction of sp³-hybridized carbons (Fsp3) is 0.267. The van der Waals surface area contributed by atoms with Crippen LogP contribution in [0.2, 0.25) is 0 Å². The number of thiophene rings is 1. The molecule has 0 saturated heterocycles. The second-order valence-corrected chi connectivity index (χ2v) is 6.75. The van der Waals surface area contributed by atoms with E-state index >= 15 is 0 Å². The predicted octanol–water partition coefficient (Wildman–Crippen LogP) is 5.16. The highest BCUT2D eigenvalue weighted by Gasteiger charge is 2.21. The summed E-state index contributed by atoms with van der Waals surface area (Å²) in [5.41, 5.74) is 0.203. The third kappa shape index (κ3) is 3.44. The van der Waals surface area contributed by atoms with Gasteiger partial charge in [0.05, 0.1) is 21.8 Å². The first-order chi connectivity index (χ1) is 9.91. The quantitative estimate of drug-likeness (QED) is 0.763. The Kier molecular flexibility index (Phi) is 5.00. The number of anilines is 1. The number of hydrogen-bond donors (Lipinski definition) is 2. The van der Waals surface area contributed by atoms with Gasteiger partial charge in [-0.05, 0) is 45.4 Å². The zero-order valence-electron chi connectivity index (χ0n) is 11.6. The van der Waals surface area contributed by atoms with Gasteiger partial charge >= 0.3 is 5.97 Å². The van der Waals surface area contributed by atoms with Gasteiger partial charge in [-0.1, -0.05) is 19.9 Å². The van der Waals surface area contributed by atoms with Gasteiger partial charge in [0.2, 0.25) is 0 Å². The van der Waals surface area contributed by atoms with Crippen molar-refractivity contribution in [1.82, 2.24) is 0 Å². The summed E-state index contributed by atoms with van der Waals surface area (Å²) < 4.78 is 14.3. The highest BCUT2D eigenvalue weighted by molar-refractivity contribution is 9.10. The lowest BCUT2D eigenvalue weighted by atomic mass is 10.0. The molecule has 0 aliphatic rings. The van der Waals surface area contributed by atoms with Crippen molar-refractivity contribution in [1.29, 1.82) is 0 Å². The molecule has 3 nitrogen and oxygen atoms in total. The molecule has 1 aromatic heterocycles. The van der Waals surface area contributed by atoms with Crippen molar-refractivity contribution in [3.63, 3.8) is 0 Å². The lowest BCUT2D eigenvalue weighted by molar-refractivity contribution is 0.0695. The predicted molar refractivity (Wildman–Crippen MR) is 86.6 cm³/mol. The number of carboxylic acids is 1. The molecule has 6 heteroatoms. The third-order valence-electron chi connectivity index (χ3n) is 3.14. The fourth-order valence-corrected chi connectivity index (χ4v) is 3.49. The summed E-state index contributed by atoms with van der Waals surface area (Å²) in [5, 5.41) is 14.1. The Morgan fingerprint density at radius 3 is 2.62 bits per heavy atom. The van der Waals surface area contributed by atoms with Gasteiger partial charge in [-0.2, -0.15) is 0 Å². The minimum Gasteiger partial charge on any atom is -0.478 e. The van der Waals surface area contributed by atoms with E-state index in [9.17, 15) is 9.18 Å². The molecular formula is C15H15BrFNO2S. The van der Waals surface area contributed by atoms with E-state index in [1.165, 1.54) is 12.1 Å². The zero-order chi connectivity index (χ0) is 15.6. The minimum absolute atomic E-state index is 0.0259. The van der Waals surface area contributed by atoms with Crippen LogP contribution in [-0.2, 0) is 0 Å². The smallest absolute Gasteiger partial charge is 0.336 e. The zero-order valence-corrected chi connectivity index (χ0v) is 14.0. The van der Waals surface area contributed by atoms with E-state index in [4.69, 9.17) is 5.11 Å². The second-order valence-electron chi connectivity index (χ2n) is 4.98. The van der Waals surface area contributed by atoms with Crippen molar-refractivity contribution in [2.24, 2.45) is 5.92 Å². The summed E-state index contributed by atoms with van der Waals surface area (Å²) in [7, 11) is 0. The van der Waals surface area contributed by atoms with E-state index in [-0.39, 0.29) is 22.0 Å². The molecule has 1 aromatic carbocycles. The molecule has 0 amide bonds. The van der Waals surface area contributed by atoms with Crippen molar-refractivity contribution in [3.8, 4) is 0 Å². The molecule has 112 valence electrons. The molecule has 1 atom stereocenters. The van der Waals surface area contributed by atoms with Gasteiger partial charge in [-0.15, -0.1) is 11.3 Å². The second kappa shape index (κ2) is 6.58. The van der Waals surface area contributed by atoms with Crippen LogP contribution in [-0.4, -0.2) is 11.1 Å². The summed E-state index contributed by atoms with van der Waals surface area (Å²) >= 11 is 4.62. The largest absolute Gasteiger partial charge is 0.478 e. The van der Waals surface area contributed by atoms with Crippen LogP contribution in [0.5, 0.6) is 0 Å². The molecule has 0 radical (unpaired) electrons. The van der Waals surface area contributed by atoms with Crippen molar-refractivity contribution in [2.45, 2.75) is 19.9 Å². The molecule has 0 aliphatic carbocycles. The van der Waals surface area contributed by atoms with Crippen molar-refractivity contribution < 1.29 is 14.3 Å². The first-order valence-electron chi connectivity index (χ1n) is 6.43. The lowest BCUT2D eigenvalue weighted by Gasteiger charge is -2.23. The maximum Gasteiger partial charge on any atom is 0.336 e. The molecule has 2 aromatic rings. The number of benzene rings is 1. The Morgan fingerprint density at radius 2 is 2.10 bits per heavy atom. The van der Waals surface area contributed by atoms with Crippen LogP contribution in [0.1, 0.15) is 35.1 Å². The Morgan fingerprint density at radius 1 is 1.38 bits per heavy atom. The van der Waals surface area contributed by atoms with E-state index in [1.54, 1.807) is 11.3 Å². The monoisotopic (exact) mass is 371 g/mol. The van der Waals surface area contributed by atoms with Crippen LogP contribution in [0.15, 0.2) is 34.1 Å². The summed E-state index contributed by atoms with van der Waals surface area (Å²) in [4.78, 5) is 12.1. The maximum absolute atomic E-state index is 14.3. The normalized spacial score (nSPS) is 12.4. The summed E-state index contributed by atoms with van der Waals surface area (Å²) in [6.45, 7) is 4.10. The Bertz CT molecular complexity index is 643. The average Bonchev–Trinajstić information content (AvgIpc) is 2.93. The van der Waals surface area contributed by atoms with Gasteiger partial charge in [-0.25, -0.2) is 9.18 Å². The maximum atomic E-state index is 14.3. The number of hydrogen-bond acceptors (Lipinski definition) is 3. The van der Waals surface area contributed by atoms with Crippen LogP contribution in [0.3, 0.4) is 0 Å². The highest BCUT2D eigenvalue weighted by atomic mass is 79.9. The Hall–Kier alpha value is -1.40. The van der Waals surface area contributed by atoms with Crippen LogP contribution < -0.4 is 5.32 Å². The number of nitrogens with one attached hydrogen (secondary N) is 1. The topological polar surface area (TPSA) is 49.3 Å². The number of rotatable bonds is 5. The number of aromatic carboxylic acids is 1. The summed E-state index contributed by atoms with van der Waals surface area (Å²) in [6.07, 6.45) is 0.